The molecule has 1 N–H and O–H groups in total. The van der Waals surface area contributed by atoms with Gasteiger partial charge in [-0.3, -0.25) is 4.55 Å². The van der Waals surface area contributed by atoms with E-state index in [1.807, 2.05) is 43.3 Å². The molecule has 18 heavy (non-hydrogen) atoms. The van der Waals surface area contributed by atoms with Gasteiger partial charge in [0.05, 0.1) is 3.42 Å². The molecule has 1 aromatic carbocycles. The van der Waals surface area contributed by atoms with E-state index in [0.717, 1.165) is 11.1 Å². The van der Waals surface area contributed by atoms with E-state index in [2.05, 4.69) is 22.6 Å². The highest BCUT2D eigenvalue weighted by Gasteiger charge is 2.30. The van der Waals surface area contributed by atoms with Crippen molar-refractivity contribution in [3.8, 4) is 0 Å². The maximum atomic E-state index is 11.1. The molecule has 2 rings (SSSR count). The molecular weight excluding hydrogens is 363 g/mol. The fourth-order valence-corrected chi connectivity index (χ4v) is 3.55. The zero-order valence-corrected chi connectivity index (χ0v) is 12.7. The van der Waals surface area contributed by atoms with E-state index in [4.69, 9.17) is 4.55 Å². The first kappa shape index (κ1) is 13.8. The average Bonchev–Trinajstić information content (AvgIpc) is 2.28. The molecule has 5 heteroatoms. The molecule has 0 amide bonds. The second kappa shape index (κ2) is 4.79. The van der Waals surface area contributed by atoms with Crippen LogP contribution in [0.4, 0.5) is 0 Å². The normalized spacial score (nSPS) is 27.4. The minimum absolute atomic E-state index is 0.357. The minimum atomic E-state index is -4.05. The van der Waals surface area contributed by atoms with Crippen LogP contribution in [-0.2, 0) is 13.5 Å². The first-order chi connectivity index (χ1) is 8.33. The fourth-order valence-electron chi connectivity index (χ4n) is 1.97. The van der Waals surface area contributed by atoms with E-state index in [-0.39, 0.29) is 3.42 Å². The monoisotopic (exact) mass is 376 g/mol. The van der Waals surface area contributed by atoms with Crippen molar-refractivity contribution >= 4 is 32.7 Å². The molecule has 0 aromatic heterocycles. The molecule has 1 aliphatic rings. The lowest BCUT2D eigenvalue weighted by molar-refractivity contribution is 0.480. The highest BCUT2D eigenvalue weighted by Crippen LogP contribution is 2.39. The number of hydrogen-bond acceptors (Lipinski definition) is 2. The largest absolute Gasteiger partial charge is 0.285 e. The van der Waals surface area contributed by atoms with Gasteiger partial charge in [-0.15, -0.1) is 0 Å². The Morgan fingerprint density at radius 2 is 1.78 bits per heavy atom. The summed E-state index contributed by atoms with van der Waals surface area (Å²) in [6.45, 7) is 2.02. The summed E-state index contributed by atoms with van der Waals surface area (Å²) in [5.41, 5.74) is 2.26. The van der Waals surface area contributed by atoms with Crippen molar-refractivity contribution in [1.29, 1.82) is 0 Å². The molecule has 0 heterocycles. The van der Waals surface area contributed by atoms with E-state index in [1.165, 1.54) is 12.2 Å². The van der Waals surface area contributed by atoms with E-state index >= 15 is 0 Å². The third kappa shape index (κ3) is 2.67. The van der Waals surface area contributed by atoms with Gasteiger partial charge in [0.25, 0.3) is 10.1 Å². The number of aryl methyl sites for hydroxylation is 1. The van der Waals surface area contributed by atoms with Crippen molar-refractivity contribution in [2.24, 2.45) is 0 Å². The number of halogens is 1. The number of hydrogen-bond donors (Lipinski definition) is 1. The van der Waals surface area contributed by atoms with Crippen molar-refractivity contribution in [3.05, 3.63) is 59.7 Å². The fraction of sp³-hybridized carbons (Fsp3) is 0.231. The Kier molecular flexibility index (Phi) is 3.66. The van der Waals surface area contributed by atoms with Crippen LogP contribution < -0.4 is 0 Å². The molecular formula is C13H13IO3S. The Bertz CT molecular complexity index is 603. The molecule has 0 unspecified atom stereocenters. The second-order valence-electron chi connectivity index (χ2n) is 4.28. The van der Waals surface area contributed by atoms with Gasteiger partial charge in [0.2, 0.25) is 0 Å². The quantitative estimate of drug-likeness (QED) is 0.374. The summed E-state index contributed by atoms with van der Waals surface area (Å²) in [5, 5.41) is -0.940. The molecule has 96 valence electrons. The Hall–Kier alpha value is -0.660. The van der Waals surface area contributed by atoms with Gasteiger partial charge in [-0.2, -0.15) is 8.42 Å². The smallest absolute Gasteiger partial charge is 0.275 e. The molecule has 0 fully saturated rings. The zero-order valence-electron chi connectivity index (χ0n) is 9.75. The van der Waals surface area contributed by atoms with Crippen LogP contribution in [-0.4, -0.2) is 18.2 Å². The lowest BCUT2D eigenvalue weighted by atomic mass is 9.91. The molecule has 0 bridgehead atoms. The van der Waals surface area contributed by atoms with E-state index in [1.54, 1.807) is 0 Å². The minimum Gasteiger partial charge on any atom is -0.285 e. The summed E-state index contributed by atoms with van der Waals surface area (Å²) in [5.74, 6) is 0. The van der Waals surface area contributed by atoms with Crippen molar-refractivity contribution in [2.75, 3.05) is 0 Å². The van der Waals surface area contributed by atoms with Gasteiger partial charge < -0.3 is 0 Å². The van der Waals surface area contributed by atoms with Gasteiger partial charge >= 0.3 is 0 Å². The van der Waals surface area contributed by atoms with Crippen molar-refractivity contribution in [1.82, 2.24) is 0 Å². The summed E-state index contributed by atoms with van der Waals surface area (Å²) >= 11 is 2.27. The third-order valence-electron chi connectivity index (χ3n) is 2.96. The predicted octanol–water partition coefficient (Wildman–Crippen LogP) is 3.01. The zero-order chi connectivity index (χ0) is 13.4. The SMILES string of the molecule is Cc1ccccc1C1(I)C=CC(S(=O)(=O)O)C=C1. The molecule has 1 aromatic rings. The Labute approximate surface area is 120 Å². The van der Waals surface area contributed by atoms with Gasteiger partial charge in [0, 0.05) is 0 Å². The predicted molar refractivity (Wildman–Crippen MR) is 80.5 cm³/mol. The number of alkyl halides is 1. The summed E-state index contributed by atoms with van der Waals surface area (Å²) < 4.78 is 30.8. The van der Waals surface area contributed by atoms with Crippen molar-refractivity contribution in [3.63, 3.8) is 0 Å². The van der Waals surface area contributed by atoms with Crippen molar-refractivity contribution in [2.45, 2.75) is 15.6 Å². The van der Waals surface area contributed by atoms with Crippen LogP contribution in [0.15, 0.2) is 48.6 Å². The van der Waals surface area contributed by atoms with E-state index < -0.39 is 15.4 Å². The van der Waals surface area contributed by atoms with Crippen LogP contribution in [0.5, 0.6) is 0 Å². The molecule has 0 saturated carbocycles. The Balaban J connectivity index is 2.39. The lowest BCUT2D eigenvalue weighted by Crippen LogP contribution is -2.23. The molecule has 3 nitrogen and oxygen atoms in total. The maximum Gasteiger partial charge on any atom is 0.275 e. The summed E-state index contributed by atoms with van der Waals surface area (Å²) in [4.78, 5) is 0. The van der Waals surface area contributed by atoms with E-state index in [9.17, 15) is 8.42 Å². The van der Waals surface area contributed by atoms with Crippen LogP contribution >= 0.6 is 22.6 Å². The molecule has 0 aliphatic heterocycles. The van der Waals surface area contributed by atoms with Gasteiger partial charge in [0.15, 0.2) is 0 Å². The molecule has 1 aliphatic carbocycles. The van der Waals surface area contributed by atoms with Crippen LogP contribution in [0.1, 0.15) is 11.1 Å². The average molecular weight is 376 g/mol. The number of allylic oxidation sites excluding steroid dienone is 2. The topological polar surface area (TPSA) is 54.4 Å². The lowest BCUT2D eigenvalue weighted by Gasteiger charge is -2.26. The molecule has 0 saturated heterocycles. The summed E-state index contributed by atoms with van der Waals surface area (Å²) in [6, 6.07) is 7.96. The Morgan fingerprint density at radius 1 is 1.22 bits per heavy atom. The van der Waals surface area contributed by atoms with Crippen LogP contribution in [0.25, 0.3) is 0 Å². The number of benzene rings is 1. The second-order valence-corrected chi connectivity index (χ2v) is 7.64. The number of rotatable bonds is 2. The highest BCUT2D eigenvalue weighted by atomic mass is 127. The first-order valence-corrected chi connectivity index (χ1v) is 8.01. The van der Waals surface area contributed by atoms with Crippen LogP contribution in [0.3, 0.4) is 0 Å². The first-order valence-electron chi connectivity index (χ1n) is 5.43. The molecule has 0 atom stereocenters. The van der Waals surface area contributed by atoms with Gasteiger partial charge in [0.1, 0.15) is 5.25 Å². The molecule has 0 spiro atoms. The van der Waals surface area contributed by atoms with Crippen LogP contribution in [0, 0.1) is 6.92 Å². The van der Waals surface area contributed by atoms with E-state index in [0.29, 0.717) is 0 Å². The highest BCUT2D eigenvalue weighted by molar-refractivity contribution is 14.1. The van der Waals surface area contributed by atoms with Gasteiger partial charge in [-0.25, -0.2) is 0 Å². The third-order valence-corrected chi connectivity index (χ3v) is 5.26. The standard InChI is InChI=1S/C13H13IO3S/c1-10-4-2-3-5-12(10)13(14)8-6-11(7-9-13)18(15,16)17/h2-9,11H,1H3,(H,15,16,17). The van der Waals surface area contributed by atoms with Gasteiger partial charge in [-0.05, 0) is 18.1 Å². The summed E-state index contributed by atoms with van der Waals surface area (Å²) in [6.07, 6.45) is 6.67. The Morgan fingerprint density at radius 3 is 2.28 bits per heavy atom. The summed E-state index contributed by atoms with van der Waals surface area (Å²) in [7, 11) is -4.05. The van der Waals surface area contributed by atoms with Gasteiger partial charge in [-0.1, -0.05) is 71.2 Å². The van der Waals surface area contributed by atoms with Crippen LogP contribution in [0.2, 0.25) is 0 Å². The maximum absolute atomic E-state index is 11.1. The molecule has 0 radical (unpaired) electrons. The van der Waals surface area contributed by atoms with Crippen molar-refractivity contribution < 1.29 is 13.0 Å².